The van der Waals surface area contributed by atoms with Crippen molar-refractivity contribution >= 4 is 0 Å². The molecule has 0 aliphatic carbocycles. The Labute approximate surface area is 66.4 Å². The van der Waals surface area contributed by atoms with Crippen LogP contribution in [-0.4, -0.2) is 16.6 Å². The van der Waals surface area contributed by atoms with Gasteiger partial charge in [0.1, 0.15) is 6.33 Å². The summed E-state index contributed by atoms with van der Waals surface area (Å²) < 4.78 is 5.30. The lowest BCUT2D eigenvalue weighted by molar-refractivity contribution is 0.297. The van der Waals surface area contributed by atoms with E-state index in [4.69, 9.17) is 4.74 Å². The molecular formula is C8H12N2O. The second-order valence-electron chi connectivity index (χ2n) is 2.25. The van der Waals surface area contributed by atoms with Gasteiger partial charge in [-0.25, -0.2) is 9.97 Å². The third-order valence-electron chi connectivity index (χ3n) is 1.30. The van der Waals surface area contributed by atoms with Crippen LogP contribution in [0.3, 0.4) is 0 Å². The maximum atomic E-state index is 5.30. The minimum atomic E-state index is 0.661. The van der Waals surface area contributed by atoms with Crippen molar-refractivity contribution in [3.05, 3.63) is 18.6 Å². The van der Waals surface area contributed by atoms with Gasteiger partial charge in [0.2, 0.25) is 5.88 Å². The Morgan fingerprint density at radius 2 is 2.45 bits per heavy atom. The third-order valence-corrected chi connectivity index (χ3v) is 1.30. The Hall–Kier alpha value is -1.12. The minimum Gasteiger partial charge on any atom is -0.478 e. The van der Waals surface area contributed by atoms with Crippen LogP contribution >= 0.6 is 0 Å². The molecule has 0 N–H and O–H groups in total. The van der Waals surface area contributed by atoms with Crippen molar-refractivity contribution in [2.45, 2.75) is 19.8 Å². The number of hydrogen-bond donors (Lipinski definition) is 0. The van der Waals surface area contributed by atoms with E-state index >= 15 is 0 Å². The van der Waals surface area contributed by atoms with E-state index in [1.807, 2.05) is 0 Å². The van der Waals surface area contributed by atoms with Crippen molar-refractivity contribution in [1.29, 1.82) is 0 Å². The van der Waals surface area contributed by atoms with Crippen LogP contribution in [0.4, 0.5) is 0 Å². The third kappa shape index (κ3) is 2.98. The van der Waals surface area contributed by atoms with Crippen LogP contribution in [0.1, 0.15) is 19.8 Å². The molecule has 0 aliphatic heterocycles. The van der Waals surface area contributed by atoms with Crippen LogP contribution in [-0.2, 0) is 0 Å². The second-order valence-corrected chi connectivity index (χ2v) is 2.25. The average Bonchev–Trinajstić information content (AvgIpc) is 2.07. The van der Waals surface area contributed by atoms with Gasteiger partial charge in [-0.3, -0.25) is 0 Å². The number of ether oxygens (including phenoxy) is 1. The molecule has 0 saturated carbocycles. The molecule has 0 spiro atoms. The number of nitrogens with zero attached hydrogens (tertiary/aromatic N) is 2. The molecule has 1 rings (SSSR count). The maximum absolute atomic E-state index is 5.30. The normalized spacial score (nSPS) is 9.55. The van der Waals surface area contributed by atoms with E-state index in [-0.39, 0.29) is 0 Å². The molecule has 0 radical (unpaired) electrons. The van der Waals surface area contributed by atoms with Gasteiger partial charge in [0, 0.05) is 12.3 Å². The second kappa shape index (κ2) is 4.66. The average molecular weight is 152 g/mol. The summed E-state index contributed by atoms with van der Waals surface area (Å²) in [6, 6.07) is 1.76. The highest BCUT2D eigenvalue weighted by molar-refractivity contribution is 5.03. The van der Waals surface area contributed by atoms with Crippen LogP contribution in [0.2, 0.25) is 0 Å². The summed E-state index contributed by atoms with van der Waals surface area (Å²) in [7, 11) is 0. The first-order chi connectivity index (χ1) is 5.43. The standard InChI is InChI=1S/C8H12N2O/c1-2-3-6-11-8-4-5-9-7-10-8/h4-5,7H,2-3,6H2,1H3. The Bertz CT molecular complexity index is 189. The lowest BCUT2D eigenvalue weighted by Gasteiger charge is -2.01. The van der Waals surface area contributed by atoms with E-state index < -0.39 is 0 Å². The van der Waals surface area contributed by atoms with Gasteiger partial charge < -0.3 is 4.74 Å². The minimum absolute atomic E-state index is 0.661. The van der Waals surface area contributed by atoms with E-state index in [1.54, 1.807) is 12.3 Å². The van der Waals surface area contributed by atoms with Gasteiger partial charge in [0.25, 0.3) is 0 Å². The Morgan fingerprint density at radius 1 is 1.55 bits per heavy atom. The van der Waals surface area contributed by atoms with E-state index in [1.165, 1.54) is 6.33 Å². The quantitative estimate of drug-likeness (QED) is 0.615. The molecule has 3 heteroatoms. The molecule has 11 heavy (non-hydrogen) atoms. The zero-order valence-corrected chi connectivity index (χ0v) is 6.66. The summed E-state index contributed by atoms with van der Waals surface area (Å²) in [4.78, 5) is 7.70. The van der Waals surface area contributed by atoms with Crippen LogP contribution in [0.15, 0.2) is 18.6 Å². The summed E-state index contributed by atoms with van der Waals surface area (Å²) in [6.07, 6.45) is 5.38. The highest BCUT2D eigenvalue weighted by Gasteiger charge is 1.90. The van der Waals surface area contributed by atoms with Crippen molar-refractivity contribution in [3.8, 4) is 5.88 Å². The summed E-state index contributed by atoms with van der Waals surface area (Å²) in [5.74, 6) is 0.661. The lowest BCUT2D eigenvalue weighted by Crippen LogP contribution is -1.97. The number of unbranched alkanes of at least 4 members (excludes halogenated alkanes) is 1. The molecule has 0 aromatic carbocycles. The molecule has 0 amide bonds. The molecule has 1 aromatic heterocycles. The molecular weight excluding hydrogens is 140 g/mol. The summed E-state index contributed by atoms with van der Waals surface area (Å²) >= 11 is 0. The van der Waals surface area contributed by atoms with Gasteiger partial charge >= 0.3 is 0 Å². The molecule has 1 aromatic rings. The van der Waals surface area contributed by atoms with Crippen molar-refractivity contribution in [1.82, 2.24) is 9.97 Å². The molecule has 0 unspecified atom stereocenters. The van der Waals surface area contributed by atoms with Gasteiger partial charge in [0.05, 0.1) is 6.61 Å². The van der Waals surface area contributed by atoms with Crippen LogP contribution < -0.4 is 4.74 Å². The fraction of sp³-hybridized carbons (Fsp3) is 0.500. The Morgan fingerprint density at radius 3 is 3.09 bits per heavy atom. The molecule has 0 saturated heterocycles. The smallest absolute Gasteiger partial charge is 0.216 e. The monoisotopic (exact) mass is 152 g/mol. The van der Waals surface area contributed by atoms with E-state index in [2.05, 4.69) is 16.9 Å². The van der Waals surface area contributed by atoms with Gasteiger partial charge in [-0.15, -0.1) is 0 Å². The zero-order chi connectivity index (χ0) is 7.94. The van der Waals surface area contributed by atoms with E-state index in [9.17, 15) is 0 Å². The highest BCUT2D eigenvalue weighted by atomic mass is 16.5. The number of rotatable bonds is 4. The first-order valence-electron chi connectivity index (χ1n) is 3.82. The Balaban J connectivity index is 2.28. The highest BCUT2D eigenvalue weighted by Crippen LogP contribution is 2.02. The summed E-state index contributed by atoms with van der Waals surface area (Å²) in [5.41, 5.74) is 0. The summed E-state index contributed by atoms with van der Waals surface area (Å²) in [5, 5.41) is 0. The number of hydrogen-bond acceptors (Lipinski definition) is 3. The van der Waals surface area contributed by atoms with Crippen LogP contribution in [0.5, 0.6) is 5.88 Å². The zero-order valence-electron chi connectivity index (χ0n) is 6.66. The first kappa shape index (κ1) is 7.98. The summed E-state index contributed by atoms with van der Waals surface area (Å²) in [6.45, 7) is 2.87. The van der Waals surface area contributed by atoms with Gasteiger partial charge in [0.15, 0.2) is 0 Å². The topological polar surface area (TPSA) is 35.0 Å². The largest absolute Gasteiger partial charge is 0.478 e. The first-order valence-corrected chi connectivity index (χ1v) is 3.82. The van der Waals surface area contributed by atoms with Crippen molar-refractivity contribution in [2.75, 3.05) is 6.61 Å². The number of aromatic nitrogens is 2. The molecule has 3 nitrogen and oxygen atoms in total. The van der Waals surface area contributed by atoms with Crippen LogP contribution in [0.25, 0.3) is 0 Å². The van der Waals surface area contributed by atoms with Crippen molar-refractivity contribution in [2.24, 2.45) is 0 Å². The SMILES string of the molecule is CCCCOc1ccncn1. The molecule has 0 bridgehead atoms. The lowest BCUT2D eigenvalue weighted by atomic mass is 10.4. The van der Waals surface area contributed by atoms with Crippen LogP contribution in [0, 0.1) is 0 Å². The van der Waals surface area contributed by atoms with E-state index in [0.717, 1.165) is 19.4 Å². The predicted molar refractivity (Wildman–Crippen MR) is 42.4 cm³/mol. The fourth-order valence-electron chi connectivity index (χ4n) is 0.685. The molecule has 0 fully saturated rings. The maximum Gasteiger partial charge on any atom is 0.216 e. The van der Waals surface area contributed by atoms with Gasteiger partial charge in [-0.05, 0) is 6.42 Å². The Kier molecular flexibility index (Phi) is 3.38. The molecule has 1 heterocycles. The fourth-order valence-corrected chi connectivity index (χ4v) is 0.685. The van der Waals surface area contributed by atoms with Gasteiger partial charge in [-0.1, -0.05) is 13.3 Å². The van der Waals surface area contributed by atoms with Crippen molar-refractivity contribution in [3.63, 3.8) is 0 Å². The van der Waals surface area contributed by atoms with E-state index in [0.29, 0.717) is 5.88 Å². The molecule has 60 valence electrons. The molecule has 0 atom stereocenters. The van der Waals surface area contributed by atoms with Gasteiger partial charge in [-0.2, -0.15) is 0 Å². The van der Waals surface area contributed by atoms with Crippen molar-refractivity contribution < 1.29 is 4.74 Å². The predicted octanol–water partition coefficient (Wildman–Crippen LogP) is 1.66. The molecule has 0 aliphatic rings.